The van der Waals surface area contributed by atoms with E-state index in [1.807, 2.05) is 0 Å². The Labute approximate surface area is 144 Å². The van der Waals surface area contributed by atoms with Crippen LogP contribution in [0.5, 0.6) is 0 Å². The Bertz CT molecular complexity index is 802. The maximum atomic E-state index is 13.1. The summed E-state index contributed by atoms with van der Waals surface area (Å²) in [6.45, 7) is 3.01. The molecule has 0 heterocycles. The Morgan fingerprint density at radius 2 is 1.15 bits per heavy atom. The van der Waals surface area contributed by atoms with Gasteiger partial charge in [-0.15, -0.1) is 0 Å². The Morgan fingerprint density at radius 3 is 1.48 bits per heavy atom. The average Bonchev–Trinajstić information content (AvgIpc) is 2.61. The average molecular weight is 408 g/mol. The predicted octanol–water partition coefficient (Wildman–Crippen LogP) is 6.56. The van der Waals surface area contributed by atoms with Gasteiger partial charge in [0.2, 0.25) is 17.3 Å². The summed E-state index contributed by atoms with van der Waals surface area (Å²) >= 11 is 0. The van der Waals surface area contributed by atoms with Gasteiger partial charge in [-0.25, -0.2) is 30.7 Å². The van der Waals surface area contributed by atoms with Crippen molar-refractivity contribution in [2.75, 3.05) is 0 Å². The molecule has 0 aliphatic heterocycles. The lowest BCUT2D eigenvalue weighted by atomic mass is 9.93. The van der Waals surface area contributed by atoms with Crippen LogP contribution in [0.1, 0.15) is 5.56 Å². The highest BCUT2D eigenvalue weighted by atomic mass is 19.3. The number of hydrogen-bond donors (Lipinski definition) is 0. The maximum Gasteiger partial charge on any atom is 0.307 e. The Kier molecular flexibility index (Phi) is 6.63. The molecule has 0 amide bonds. The number of rotatable bonds is 2. The second-order valence-corrected chi connectivity index (χ2v) is 4.83. The Morgan fingerprint density at radius 1 is 0.741 bits per heavy atom. The molecule has 0 N–H and O–H groups in total. The number of benzene rings is 1. The van der Waals surface area contributed by atoms with Crippen LogP contribution in [0.3, 0.4) is 0 Å². The van der Waals surface area contributed by atoms with Crippen LogP contribution in [0.15, 0.2) is 43.0 Å². The van der Waals surface area contributed by atoms with Gasteiger partial charge in [0.1, 0.15) is 0 Å². The fourth-order valence-corrected chi connectivity index (χ4v) is 1.71. The molecule has 0 saturated heterocycles. The van der Waals surface area contributed by atoms with E-state index in [1.165, 1.54) is 6.08 Å². The third-order valence-electron chi connectivity index (χ3n) is 3.16. The zero-order valence-electron chi connectivity index (χ0n) is 12.8. The lowest BCUT2D eigenvalue weighted by Crippen LogP contribution is -2.40. The van der Waals surface area contributed by atoms with Gasteiger partial charge in [0.15, 0.2) is 23.3 Å². The van der Waals surface area contributed by atoms with Crippen LogP contribution < -0.4 is 0 Å². The lowest BCUT2D eigenvalue weighted by molar-refractivity contribution is -0.0477. The van der Waals surface area contributed by atoms with E-state index in [0.717, 1.165) is 12.2 Å². The second-order valence-electron chi connectivity index (χ2n) is 4.83. The molecule has 148 valence electrons. The molecule has 0 aromatic heterocycles. The van der Waals surface area contributed by atoms with Crippen LogP contribution >= 0.6 is 0 Å². The van der Waals surface area contributed by atoms with Gasteiger partial charge in [-0.05, 0) is 18.2 Å². The van der Waals surface area contributed by atoms with Gasteiger partial charge in [0.25, 0.3) is 0 Å². The van der Waals surface area contributed by atoms with Gasteiger partial charge in [0, 0.05) is 0 Å². The molecule has 1 unspecified atom stereocenters. The summed E-state index contributed by atoms with van der Waals surface area (Å²) in [6, 6.07) is 0. The van der Waals surface area contributed by atoms with Crippen molar-refractivity contribution in [3.63, 3.8) is 0 Å². The van der Waals surface area contributed by atoms with Crippen LogP contribution in [0.25, 0.3) is 5.83 Å². The minimum absolute atomic E-state index is 0.522. The zero-order chi connectivity index (χ0) is 21.2. The van der Waals surface area contributed by atoms with Crippen LogP contribution in [0.2, 0.25) is 0 Å². The molecule has 0 bridgehead atoms. The van der Waals surface area contributed by atoms with E-state index in [0.29, 0.717) is 12.2 Å². The maximum absolute atomic E-state index is 13.1. The smallest absolute Gasteiger partial charge is 0.228 e. The quantitative estimate of drug-likeness (QED) is 0.225. The highest BCUT2D eigenvalue weighted by Crippen LogP contribution is 2.38. The molecular formula is C16H7F11. The van der Waals surface area contributed by atoms with Gasteiger partial charge in [-0.1, -0.05) is 18.7 Å². The predicted molar refractivity (Wildman–Crippen MR) is 73.7 cm³/mol. The number of hydrogen-bond acceptors (Lipinski definition) is 0. The third-order valence-corrected chi connectivity index (χ3v) is 3.16. The van der Waals surface area contributed by atoms with Crippen LogP contribution in [0.4, 0.5) is 48.3 Å². The SMILES string of the molecule is C=CC1(F)C=CC=CC1(F)F.FC(F)=C(F)c1c(F)c(F)c(F)c(F)c1F. The normalized spacial score (nSPS) is 20.0. The van der Waals surface area contributed by atoms with E-state index in [2.05, 4.69) is 6.58 Å². The van der Waals surface area contributed by atoms with Crippen molar-refractivity contribution in [2.45, 2.75) is 11.6 Å². The van der Waals surface area contributed by atoms with Crippen molar-refractivity contribution in [1.29, 1.82) is 0 Å². The van der Waals surface area contributed by atoms with Crippen molar-refractivity contribution in [3.8, 4) is 0 Å². The van der Waals surface area contributed by atoms with Gasteiger partial charge in [-0.2, -0.15) is 17.6 Å². The summed E-state index contributed by atoms with van der Waals surface area (Å²) < 4.78 is 137. The topological polar surface area (TPSA) is 0 Å². The van der Waals surface area contributed by atoms with Crippen molar-refractivity contribution < 1.29 is 48.3 Å². The molecule has 1 aliphatic rings. The van der Waals surface area contributed by atoms with Gasteiger partial charge < -0.3 is 0 Å². The zero-order valence-corrected chi connectivity index (χ0v) is 12.8. The van der Waals surface area contributed by atoms with E-state index < -0.39 is 58.1 Å². The minimum atomic E-state index is -3.47. The monoisotopic (exact) mass is 408 g/mol. The molecule has 0 radical (unpaired) electrons. The van der Waals surface area contributed by atoms with E-state index in [-0.39, 0.29) is 0 Å². The van der Waals surface area contributed by atoms with E-state index >= 15 is 0 Å². The first kappa shape index (κ1) is 22.5. The molecule has 27 heavy (non-hydrogen) atoms. The van der Waals surface area contributed by atoms with Gasteiger partial charge >= 0.3 is 12.0 Å². The summed E-state index contributed by atoms with van der Waals surface area (Å²) in [7, 11) is 0. The highest BCUT2D eigenvalue weighted by molar-refractivity contribution is 5.61. The van der Waals surface area contributed by atoms with Gasteiger partial charge in [0.05, 0.1) is 5.56 Å². The van der Waals surface area contributed by atoms with Crippen LogP contribution in [-0.4, -0.2) is 11.6 Å². The summed E-state index contributed by atoms with van der Waals surface area (Å²) in [5.41, 5.74) is -5.00. The molecule has 1 aromatic rings. The van der Waals surface area contributed by atoms with Crippen LogP contribution in [-0.2, 0) is 0 Å². The molecule has 0 saturated carbocycles. The van der Waals surface area contributed by atoms with Crippen molar-refractivity contribution in [2.24, 2.45) is 0 Å². The molecule has 1 aliphatic carbocycles. The van der Waals surface area contributed by atoms with E-state index in [1.54, 1.807) is 0 Å². The number of halogens is 11. The van der Waals surface area contributed by atoms with E-state index in [9.17, 15) is 48.3 Å². The third kappa shape index (κ3) is 4.22. The molecule has 1 aromatic carbocycles. The number of allylic oxidation sites excluding steroid dienone is 5. The summed E-state index contributed by atoms with van der Waals surface area (Å²) in [5.74, 6) is -19.1. The minimum Gasteiger partial charge on any atom is -0.228 e. The standard InChI is InChI=1S/C8F8.C8H7F3/c9-2-1(4(11)8(15)16)3(10)6(13)7(14)5(2)12;1-2-7(9)5-3-4-6-8(7,10)11/h;2-6H,1H2. The van der Waals surface area contributed by atoms with Crippen molar-refractivity contribution >= 4 is 5.83 Å². The fraction of sp³-hybridized carbons (Fsp3) is 0.125. The first-order chi connectivity index (χ1) is 12.3. The van der Waals surface area contributed by atoms with Crippen LogP contribution in [0, 0.1) is 29.1 Å². The highest BCUT2D eigenvalue weighted by Gasteiger charge is 2.49. The van der Waals surface area contributed by atoms with E-state index in [4.69, 9.17) is 0 Å². The largest absolute Gasteiger partial charge is 0.307 e. The second kappa shape index (κ2) is 7.97. The molecular weight excluding hydrogens is 401 g/mol. The molecule has 1 atom stereocenters. The lowest BCUT2D eigenvalue weighted by Gasteiger charge is -2.27. The first-order valence-electron chi connectivity index (χ1n) is 6.60. The van der Waals surface area contributed by atoms with Gasteiger partial charge in [-0.3, -0.25) is 0 Å². The summed E-state index contributed by atoms with van der Waals surface area (Å²) in [5, 5.41) is 0. The Hall–Kier alpha value is -2.59. The molecule has 0 nitrogen and oxygen atoms in total. The molecule has 11 heteroatoms. The molecule has 2 rings (SSSR count). The number of alkyl halides is 3. The summed E-state index contributed by atoms with van der Waals surface area (Å²) in [6.07, 6.45) is 1.07. The first-order valence-corrected chi connectivity index (χ1v) is 6.60. The molecule has 0 spiro atoms. The molecule has 0 fully saturated rings. The fourth-order valence-electron chi connectivity index (χ4n) is 1.71. The van der Waals surface area contributed by atoms with Crippen molar-refractivity contribution in [3.05, 3.63) is 77.7 Å². The summed E-state index contributed by atoms with van der Waals surface area (Å²) in [4.78, 5) is 0. The van der Waals surface area contributed by atoms with Crippen molar-refractivity contribution in [1.82, 2.24) is 0 Å². The Balaban J connectivity index is 0.000000289.